The van der Waals surface area contributed by atoms with Crippen LogP contribution in [0.3, 0.4) is 0 Å². The van der Waals surface area contributed by atoms with Crippen LogP contribution in [0.4, 0.5) is 0 Å². The molecule has 1 saturated heterocycles. The van der Waals surface area contributed by atoms with E-state index in [-0.39, 0.29) is 12.5 Å². The lowest BCUT2D eigenvalue weighted by atomic mass is 9.92. The summed E-state index contributed by atoms with van der Waals surface area (Å²) < 4.78 is 5.80. The Morgan fingerprint density at radius 3 is 2.62 bits per heavy atom. The van der Waals surface area contributed by atoms with Crippen LogP contribution in [-0.2, 0) is 6.61 Å². The molecule has 0 N–H and O–H groups in total. The van der Waals surface area contributed by atoms with Crippen LogP contribution < -0.4 is 4.74 Å². The molecule has 2 atom stereocenters. The van der Waals surface area contributed by atoms with Crippen molar-refractivity contribution >= 4 is 17.5 Å². The number of piperidine rings is 1. The minimum Gasteiger partial charge on any atom is -0.486 e. The Hall–Kier alpha value is -2.07. The summed E-state index contributed by atoms with van der Waals surface area (Å²) in [5.74, 6) is 1.68. The molecule has 1 aromatic carbocycles. The van der Waals surface area contributed by atoms with Crippen molar-refractivity contribution in [2.45, 2.75) is 33.8 Å². The fourth-order valence-electron chi connectivity index (χ4n) is 3.55. The van der Waals surface area contributed by atoms with Gasteiger partial charge in [0.1, 0.15) is 18.1 Å². The van der Waals surface area contributed by atoms with E-state index < -0.39 is 0 Å². The summed E-state index contributed by atoms with van der Waals surface area (Å²) >= 11 is 6.26. The molecule has 0 aliphatic carbocycles. The molecular formula is C21H25ClN2O2. The Bertz CT molecular complexity index is 783. The number of pyridine rings is 1. The molecule has 1 aliphatic heterocycles. The van der Waals surface area contributed by atoms with Gasteiger partial charge in [0.15, 0.2) is 0 Å². The first-order valence-electron chi connectivity index (χ1n) is 9.07. The molecule has 1 aromatic heterocycles. The maximum Gasteiger partial charge on any atom is 0.272 e. The van der Waals surface area contributed by atoms with Gasteiger partial charge >= 0.3 is 0 Å². The van der Waals surface area contributed by atoms with Crippen LogP contribution in [0.25, 0.3) is 0 Å². The zero-order chi connectivity index (χ0) is 18.7. The van der Waals surface area contributed by atoms with Crippen LogP contribution in [0, 0.1) is 18.8 Å². The monoisotopic (exact) mass is 372 g/mol. The number of amides is 1. The zero-order valence-corrected chi connectivity index (χ0v) is 16.3. The second-order valence-electron chi connectivity index (χ2n) is 7.35. The van der Waals surface area contributed by atoms with Crippen molar-refractivity contribution < 1.29 is 9.53 Å². The molecule has 5 heteroatoms. The van der Waals surface area contributed by atoms with E-state index in [0.717, 1.165) is 18.7 Å². The molecule has 2 aromatic rings. The maximum absolute atomic E-state index is 12.8. The Balaban J connectivity index is 1.70. The second kappa shape index (κ2) is 8.09. The predicted octanol–water partition coefficient (Wildman–Crippen LogP) is 4.74. The molecule has 2 heterocycles. The number of ether oxygens (including phenoxy) is 1. The molecule has 0 spiro atoms. The van der Waals surface area contributed by atoms with E-state index in [1.54, 1.807) is 6.07 Å². The van der Waals surface area contributed by atoms with E-state index in [1.807, 2.05) is 42.2 Å². The molecular weight excluding hydrogens is 348 g/mol. The van der Waals surface area contributed by atoms with Gasteiger partial charge in [0.25, 0.3) is 5.91 Å². The van der Waals surface area contributed by atoms with E-state index in [0.29, 0.717) is 34.0 Å². The lowest BCUT2D eigenvalue weighted by Crippen LogP contribution is -2.42. The van der Waals surface area contributed by atoms with Crippen molar-refractivity contribution in [3.63, 3.8) is 0 Å². The van der Waals surface area contributed by atoms with E-state index >= 15 is 0 Å². The van der Waals surface area contributed by atoms with Gasteiger partial charge in [-0.25, -0.2) is 4.98 Å². The number of nitrogens with zero attached hydrogens (tertiary/aromatic N) is 2. The topological polar surface area (TPSA) is 42.4 Å². The van der Waals surface area contributed by atoms with Gasteiger partial charge in [-0.1, -0.05) is 43.6 Å². The Morgan fingerprint density at radius 2 is 1.88 bits per heavy atom. The van der Waals surface area contributed by atoms with Crippen molar-refractivity contribution in [1.29, 1.82) is 0 Å². The van der Waals surface area contributed by atoms with Crippen LogP contribution in [0.1, 0.15) is 42.0 Å². The number of carbonyl (C=O) groups is 1. The standard InChI is InChI=1S/C21H25ClN2O2/c1-14-10-15(2)12-24(11-14)21(25)18-8-5-7-17(23-18)13-26-19-9-4-6-16(3)20(19)22/h4-9,14-15H,10-13H2,1-3H3. The van der Waals surface area contributed by atoms with Crippen LogP contribution in [0.2, 0.25) is 5.02 Å². The van der Waals surface area contributed by atoms with Gasteiger partial charge in [-0.3, -0.25) is 4.79 Å². The number of carbonyl (C=O) groups excluding carboxylic acids is 1. The van der Waals surface area contributed by atoms with Crippen LogP contribution in [0.15, 0.2) is 36.4 Å². The minimum atomic E-state index is -0.00108. The maximum atomic E-state index is 12.8. The Morgan fingerprint density at radius 1 is 1.19 bits per heavy atom. The molecule has 26 heavy (non-hydrogen) atoms. The molecule has 4 nitrogen and oxygen atoms in total. The molecule has 0 bridgehead atoms. The van der Waals surface area contributed by atoms with Crippen molar-refractivity contribution in [2.24, 2.45) is 11.8 Å². The second-order valence-corrected chi connectivity index (χ2v) is 7.72. The highest BCUT2D eigenvalue weighted by Crippen LogP contribution is 2.28. The van der Waals surface area contributed by atoms with Gasteiger partial charge in [-0.05, 0) is 48.9 Å². The quantitative estimate of drug-likeness (QED) is 0.778. The van der Waals surface area contributed by atoms with Crippen molar-refractivity contribution in [3.8, 4) is 5.75 Å². The van der Waals surface area contributed by atoms with Crippen LogP contribution >= 0.6 is 11.6 Å². The summed E-state index contributed by atoms with van der Waals surface area (Å²) in [4.78, 5) is 19.2. The Kier molecular flexibility index (Phi) is 5.82. The Labute approximate surface area is 160 Å². The highest BCUT2D eigenvalue weighted by molar-refractivity contribution is 6.32. The molecule has 1 amide bonds. The lowest BCUT2D eigenvalue weighted by Gasteiger charge is -2.34. The van der Waals surface area contributed by atoms with Crippen LogP contribution in [-0.4, -0.2) is 28.9 Å². The fraction of sp³-hybridized carbons (Fsp3) is 0.429. The number of aromatic nitrogens is 1. The van der Waals surface area contributed by atoms with Gasteiger partial charge in [0.2, 0.25) is 0 Å². The largest absolute Gasteiger partial charge is 0.486 e. The van der Waals surface area contributed by atoms with Gasteiger partial charge in [-0.15, -0.1) is 0 Å². The van der Waals surface area contributed by atoms with E-state index in [1.165, 1.54) is 6.42 Å². The average molecular weight is 373 g/mol. The molecule has 138 valence electrons. The molecule has 0 radical (unpaired) electrons. The number of hydrogen-bond acceptors (Lipinski definition) is 3. The van der Waals surface area contributed by atoms with Gasteiger partial charge < -0.3 is 9.64 Å². The van der Waals surface area contributed by atoms with Gasteiger partial charge in [0, 0.05) is 13.1 Å². The third-order valence-electron chi connectivity index (χ3n) is 4.71. The van der Waals surface area contributed by atoms with Gasteiger partial charge in [0.05, 0.1) is 10.7 Å². The first-order valence-corrected chi connectivity index (χ1v) is 9.45. The number of aryl methyl sites for hydroxylation is 1. The molecule has 2 unspecified atom stereocenters. The van der Waals surface area contributed by atoms with Crippen molar-refractivity contribution in [1.82, 2.24) is 9.88 Å². The van der Waals surface area contributed by atoms with E-state index in [9.17, 15) is 4.79 Å². The third-order valence-corrected chi connectivity index (χ3v) is 5.20. The highest BCUT2D eigenvalue weighted by atomic mass is 35.5. The van der Waals surface area contributed by atoms with E-state index in [4.69, 9.17) is 16.3 Å². The first-order chi connectivity index (χ1) is 12.4. The number of benzene rings is 1. The predicted molar refractivity (Wildman–Crippen MR) is 104 cm³/mol. The SMILES string of the molecule is Cc1cccc(OCc2cccc(C(=O)N3CC(C)CC(C)C3)n2)c1Cl. The van der Waals surface area contributed by atoms with Crippen molar-refractivity contribution in [3.05, 3.63) is 58.4 Å². The number of halogens is 1. The third kappa shape index (κ3) is 4.36. The molecule has 1 fully saturated rings. The fourth-order valence-corrected chi connectivity index (χ4v) is 3.73. The average Bonchev–Trinajstić information content (AvgIpc) is 2.62. The number of likely N-dealkylation sites (tertiary alicyclic amines) is 1. The van der Waals surface area contributed by atoms with Gasteiger partial charge in [-0.2, -0.15) is 0 Å². The summed E-state index contributed by atoms with van der Waals surface area (Å²) in [6, 6.07) is 11.2. The lowest BCUT2D eigenvalue weighted by molar-refractivity contribution is 0.0616. The highest BCUT2D eigenvalue weighted by Gasteiger charge is 2.26. The van der Waals surface area contributed by atoms with E-state index in [2.05, 4.69) is 18.8 Å². The van der Waals surface area contributed by atoms with Crippen molar-refractivity contribution in [2.75, 3.05) is 13.1 Å². The summed E-state index contributed by atoms with van der Waals surface area (Å²) in [5.41, 5.74) is 2.16. The molecule has 0 saturated carbocycles. The number of rotatable bonds is 4. The summed E-state index contributed by atoms with van der Waals surface area (Å²) in [6.45, 7) is 8.19. The zero-order valence-electron chi connectivity index (χ0n) is 15.5. The molecule has 3 rings (SSSR count). The van der Waals surface area contributed by atoms with Crippen LogP contribution in [0.5, 0.6) is 5.75 Å². The summed E-state index contributed by atoms with van der Waals surface area (Å²) in [5, 5.41) is 0.607. The first kappa shape index (κ1) is 18.7. The molecule has 1 aliphatic rings. The number of hydrogen-bond donors (Lipinski definition) is 0. The minimum absolute atomic E-state index is 0.00108. The smallest absolute Gasteiger partial charge is 0.272 e. The summed E-state index contributed by atoms with van der Waals surface area (Å²) in [7, 11) is 0. The summed E-state index contributed by atoms with van der Waals surface area (Å²) in [6.07, 6.45) is 1.17. The normalized spacial score (nSPS) is 20.1.